The lowest BCUT2D eigenvalue weighted by Gasteiger charge is -2.07. The highest BCUT2D eigenvalue weighted by atomic mass is 35.5. The third-order valence-electron chi connectivity index (χ3n) is 3.64. The molecule has 0 aliphatic rings. The van der Waals surface area contributed by atoms with E-state index in [1.807, 2.05) is 4.72 Å². The average Bonchev–Trinajstić information content (AvgIpc) is 2.89. The number of fused-ring (bicyclic) bond motifs is 1. The van der Waals surface area contributed by atoms with E-state index < -0.39 is 15.9 Å². The molecule has 26 heavy (non-hydrogen) atoms. The molecule has 136 valence electrons. The zero-order valence-electron chi connectivity index (χ0n) is 14.1. The summed E-state index contributed by atoms with van der Waals surface area (Å²) in [6.45, 7) is 1.79. The summed E-state index contributed by atoms with van der Waals surface area (Å²) in [6.07, 6.45) is 2.49. The number of hydrogen-bond acceptors (Lipinski definition) is 6. The zero-order valence-corrected chi connectivity index (χ0v) is 15.7. The van der Waals surface area contributed by atoms with Crippen molar-refractivity contribution >= 4 is 38.4 Å². The number of nitrogens with zero attached hydrogens (tertiary/aromatic N) is 3. The first-order chi connectivity index (χ1) is 12.2. The molecular formula is C16H15ClN4O4S. The second kappa shape index (κ2) is 6.58. The molecule has 0 saturated carbocycles. The van der Waals surface area contributed by atoms with E-state index in [4.69, 9.17) is 16.3 Å². The Morgan fingerprint density at radius 1 is 1.31 bits per heavy atom. The first-order valence-corrected chi connectivity index (χ1v) is 9.68. The first-order valence-electron chi connectivity index (χ1n) is 7.41. The van der Waals surface area contributed by atoms with Gasteiger partial charge in [0.2, 0.25) is 15.9 Å². The van der Waals surface area contributed by atoms with Gasteiger partial charge < -0.3 is 4.74 Å². The Labute approximate surface area is 154 Å². The summed E-state index contributed by atoms with van der Waals surface area (Å²) < 4.78 is 31.1. The molecule has 0 radical (unpaired) electrons. The molecule has 0 saturated heterocycles. The van der Waals surface area contributed by atoms with Gasteiger partial charge in [0, 0.05) is 10.9 Å². The van der Waals surface area contributed by atoms with Crippen LogP contribution in [0.5, 0.6) is 5.88 Å². The molecule has 3 rings (SSSR count). The average molecular weight is 395 g/mol. The molecule has 3 aromatic rings. The monoisotopic (exact) mass is 394 g/mol. The Morgan fingerprint density at radius 3 is 2.65 bits per heavy atom. The number of aromatic nitrogens is 3. The van der Waals surface area contributed by atoms with Crippen LogP contribution in [0.4, 0.5) is 0 Å². The fourth-order valence-corrected chi connectivity index (χ4v) is 3.21. The molecule has 8 nitrogen and oxygen atoms in total. The van der Waals surface area contributed by atoms with Crippen molar-refractivity contribution in [2.75, 3.05) is 13.4 Å². The van der Waals surface area contributed by atoms with E-state index in [1.165, 1.54) is 13.2 Å². The number of pyridine rings is 1. The van der Waals surface area contributed by atoms with E-state index in [-0.39, 0.29) is 5.56 Å². The van der Waals surface area contributed by atoms with Gasteiger partial charge in [-0.3, -0.25) is 4.79 Å². The second-order valence-electron chi connectivity index (χ2n) is 5.62. The molecule has 10 heteroatoms. The second-order valence-corrected chi connectivity index (χ2v) is 7.77. The predicted octanol–water partition coefficient (Wildman–Crippen LogP) is 2.08. The quantitative estimate of drug-likeness (QED) is 0.726. The minimum atomic E-state index is -3.64. The summed E-state index contributed by atoms with van der Waals surface area (Å²) in [5.41, 5.74) is 2.24. The van der Waals surface area contributed by atoms with Gasteiger partial charge in [0.15, 0.2) is 0 Å². The summed E-state index contributed by atoms with van der Waals surface area (Å²) in [6, 6.07) is 6.47. The summed E-state index contributed by atoms with van der Waals surface area (Å²) in [5.74, 6) is -0.390. The molecule has 0 fully saturated rings. The van der Waals surface area contributed by atoms with Gasteiger partial charge in [-0.05, 0) is 31.2 Å². The number of hydrogen-bond donors (Lipinski definition) is 1. The number of methoxy groups -OCH3 is 1. The van der Waals surface area contributed by atoms with E-state index in [1.54, 1.807) is 36.0 Å². The van der Waals surface area contributed by atoms with Gasteiger partial charge in [-0.1, -0.05) is 11.6 Å². The molecule has 0 atom stereocenters. The van der Waals surface area contributed by atoms with E-state index in [9.17, 15) is 13.2 Å². The van der Waals surface area contributed by atoms with Crippen LogP contribution in [0.2, 0.25) is 5.02 Å². The maximum absolute atomic E-state index is 12.0. The molecule has 1 aromatic carbocycles. The number of nitrogens with one attached hydrogen (secondary N) is 1. The number of aryl methyl sites for hydroxylation is 1. The largest absolute Gasteiger partial charge is 0.480 e. The fourth-order valence-electron chi connectivity index (χ4n) is 2.51. The van der Waals surface area contributed by atoms with E-state index in [0.29, 0.717) is 27.7 Å². The predicted molar refractivity (Wildman–Crippen MR) is 97.5 cm³/mol. The van der Waals surface area contributed by atoms with E-state index >= 15 is 0 Å². The van der Waals surface area contributed by atoms with Crippen molar-refractivity contribution in [3.8, 4) is 11.6 Å². The van der Waals surface area contributed by atoms with Crippen molar-refractivity contribution in [3.63, 3.8) is 0 Å². The Morgan fingerprint density at radius 2 is 2.04 bits per heavy atom. The maximum Gasteiger partial charge on any atom is 0.264 e. The molecule has 0 aliphatic carbocycles. The molecule has 0 bridgehead atoms. The topological polar surface area (TPSA) is 103 Å². The number of benzene rings is 1. The normalized spacial score (nSPS) is 11.5. The van der Waals surface area contributed by atoms with Crippen molar-refractivity contribution in [2.24, 2.45) is 0 Å². The summed E-state index contributed by atoms with van der Waals surface area (Å²) in [4.78, 5) is 16.2. The highest BCUT2D eigenvalue weighted by Gasteiger charge is 2.16. The Kier molecular flexibility index (Phi) is 4.59. The van der Waals surface area contributed by atoms with Gasteiger partial charge in [-0.25, -0.2) is 22.8 Å². The Balaban J connectivity index is 2.08. The van der Waals surface area contributed by atoms with E-state index in [0.717, 1.165) is 11.8 Å². The van der Waals surface area contributed by atoms with Crippen LogP contribution in [0.1, 0.15) is 16.1 Å². The molecule has 1 amide bonds. The SMILES string of the molecule is COc1ncc(-n2nc(C)c3cc(C(=O)NS(C)(=O)=O)ccc32)cc1Cl. The van der Waals surface area contributed by atoms with Gasteiger partial charge in [-0.2, -0.15) is 5.10 Å². The van der Waals surface area contributed by atoms with Crippen molar-refractivity contribution in [1.29, 1.82) is 0 Å². The molecule has 0 spiro atoms. The van der Waals surface area contributed by atoms with Crippen molar-refractivity contribution in [2.45, 2.75) is 6.92 Å². The minimum absolute atomic E-state index is 0.219. The minimum Gasteiger partial charge on any atom is -0.480 e. The number of rotatable bonds is 4. The summed E-state index contributed by atoms with van der Waals surface area (Å²) in [7, 11) is -2.16. The Bertz CT molecular complexity index is 1120. The zero-order chi connectivity index (χ0) is 19.1. The number of halogens is 1. The number of sulfonamides is 1. The summed E-state index contributed by atoms with van der Waals surface area (Å²) >= 11 is 6.13. The lowest BCUT2D eigenvalue weighted by Crippen LogP contribution is -2.29. The molecule has 2 aromatic heterocycles. The third-order valence-corrected chi connectivity index (χ3v) is 4.46. The lowest BCUT2D eigenvalue weighted by molar-refractivity contribution is 0.0982. The standard InChI is InChI=1S/C16H15ClN4O4S/c1-9-12-6-10(15(22)20-26(3,23)24)4-5-14(12)21(19-9)11-7-13(17)16(25-2)18-8-11/h4-8H,1-3H3,(H,20,22). The third kappa shape index (κ3) is 3.49. The lowest BCUT2D eigenvalue weighted by atomic mass is 10.1. The highest BCUT2D eigenvalue weighted by molar-refractivity contribution is 7.89. The van der Waals surface area contributed by atoms with Crippen molar-refractivity contribution in [1.82, 2.24) is 19.5 Å². The number of carbonyl (C=O) groups is 1. The molecule has 2 heterocycles. The van der Waals surface area contributed by atoms with Gasteiger partial charge in [0.1, 0.15) is 5.02 Å². The first kappa shape index (κ1) is 18.2. The van der Waals surface area contributed by atoms with Crippen LogP contribution in [-0.4, -0.2) is 42.5 Å². The van der Waals surface area contributed by atoms with Crippen molar-refractivity contribution in [3.05, 3.63) is 46.7 Å². The number of ether oxygens (including phenoxy) is 1. The number of carbonyl (C=O) groups excluding carboxylic acids is 1. The van der Waals surface area contributed by atoms with Crippen LogP contribution in [0.15, 0.2) is 30.5 Å². The molecule has 0 aliphatic heterocycles. The fraction of sp³-hybridized carbons (Fsp3) is 0.188. The van der Waals surface area contributed by atoms with Crippen LogP contribution in [0, 0.1) is 6.92 Å². The molecular weight excluding hydrogens is 380 g/mol. The van der Waals surface area contributed by atoms with Gasteiger partial charge >= 0.3 is 0 Å². The van der Waals surface area contributed by atoms with Crippen LogP contribution in [-0.2, 0) is 10.0 Å². The smallest absolute Gasteiger partial charge is 0.264 e. The Hall–Kier alpha value is -2.65. The molecule has 1 N–H and O–H groups in total. The van der Waals surface area contributed by atoms with E-state index in [2.05, 4.69) is 10.1 Å². The molecule has 0 unspecified atom stereocenters. The highest BCUT2D eigenvalue weighted by Crippen LogP contribution is 2.27. The van der Waals surface area contributed by atoms with Gasteiger partial charge in [0.25, 0.3) is 5.91 Å². The van der Waals surface area contributed by atoms with Gasteiger partial charge in [-0.15, -0.1) is 0 Å². The summed E-state index contributed by atoms with van der Waals surface area (Å²) in [5, 5.41) is 5.51. The van der Waals surface area contributed by atoms with Crippen LogP contribution in [0.3, 0.4) is 0 Å². The van der Waals surface area contributed by atoms with Crippen molar-refractivity contribution < 1.29 is 17.9 Å². The van der Waals surface area contributed by atoms with Crippen LogP contribution >= 0.6 is 11.6 Å². The van der Waals surface area contributed by atoms with Crippen LogP contribution in [0.25, 0.3) is 16.6 Å². The van der Waals surface area contributed by atoms with Crippen LogP contribution < -0.4 is 9.46 Å². The maximum atomic E-state index is 12.0. The number of amides is 1. The van der Waals surface area contributed by atoms with Gasteiger partial charge in [0.05, 0.1) is 36.5 Å².